The number of benzene rings is 3. The second-order valence-electron chi connectivity index (χ2n) is 10.0. The number of halogens is 3. The van der Waals surface area contributed by atoms with E-state index in [0.29, 0.717) is 12.0 Å². The van der Waals surface area contributed by atoms with Gasteiger partial charge in [-0.3, -0.25) is 9.59 Å². The molecule has 0 bridgehead atoms. The minimum Gasteiger partial charge on any atom is -0.352 e. The Morgan fingerprint density at radius 2 is 1.52 bits per heavy atom. The van der Waals surface area contributed by atoms with Gasteiger partial charge in [-0.2, -0.15) is 12.7 Å². The molecule has 226 valence electrons. The molecule has 3 rings (SSSR count). The van der Waals surface area contributed by atoms with E-state index in [-0.39, 0.29) is 34.7 Å². The van der Waals surface area contributed by atoms with Crippen LogP contribution in [0.4, 0.5) is 10.1 Å². The quantitative estimate of drug-likeness (QED) is 0.276. The molecule has 2 amide bonds. The number of anilines is 1. The third-order valence-electron chi connectivity index (χ3n) is 6.80. The van der Waals surface area contributed by atoms with Gasteiger partial charge in [-0.1, -0.05) is 66.5 Å². The van der Waals surface area contributed by atoms with E-state index >= 15 is 0 Å². The summed E-state index contributed by atoms with van der Waals surface area (Å²) in [6, 6.07) is 17.6. The molecule has 0 spiro atoms. The highest BCUT2D eigenvalue weighted by Crippen LogP contribution is 2.28. The zero-order chi connectivity index (χ0) is 31.0. The van der Waals surface area contributed by atoms with E-state index < -0.39 is 40.4 Å². The van der Waals surface area contributed by atoms with Crippen molar-refractivity contribution in [1.82, 2.24) is 14.5 Å². The van der Waals surface area contributed by atoms with Crippen LogP contribution in [0.15, 0.2) is 72.8 Å². The van der Waals surface area contributed by atoms with Gasteiger partial charge in [-0.25, -0.2) is 8.70 Å². The molecule has 0 aliphatic carbocycles. The molecule has 0 aromatic heterocycles. The molecule has 0 saturated heterocycles. The lowest BCUT2D eigenvalue weighted by atomic mass is 10.0. The van der Waals surface area contributed by atoms with Crippen molar-refractivity contribution in [2.24, 2.45) is 0 Å². The van der Waals surface area contributed by atoms with E-state index in [2.05, 4.69) is 5.32 Å². The molecule has 2 atom stereocenters. The third kappa shape index (κ3) is 8.44. The molecule has 0 unspecified atom stereocenters. The first kappa shape index (κ1) is 33.3. The van der Waals surface area contributed by atoms with E-state index in [9.17, 15) is 22.4 Å². The SMILES string of the molecule is CC[C@H](C)NC(=O)[C@H](Cc1ccccc1)N(Cc1c(Cl)cccc1Cl)C(=O)CN(c1ccc(F)cc1)S(=O)(=O)N(C)C. The normalized spacial score (nSPS) is 13.0. The summed E-state index contributed by atoms with van der Waals surface area (Å²) in [6.45, 7) is 2.95. The summed E-state index contributed by atoms with van der Waals surface area (Å²) in [5.41, 5.74) is 1.28. The smallest absolute Gasteiger partial charge is 0.304 e. The summed E-state index contributed by atoms with van der Waals surface area (Å²) in [5, 5.41) is 3.54. The Bertz CT molecular complexity index is 1450. The highest BCUT2D eigenvalue weighted by molar-refractivity contribution is 7.90. The maximum Gasteiger partial charge on any atom is 0.304 e. The van der Waals surface area contributed by atoms with Gasteiger partial charge >= 0.3 is 10.2 Å². The van der Waals surface area contributed by atoms with Gasteiger partial charge in [0.2, 0.25) is 11.8 Å². The van der Waals surface area contributed by atoms with E-state index in [1.165, 1.54) is 31.1 Å². The number of hydrogen-bond donors (Lipinski definition) is 1. The number of carbonyl (C=O) groups excluding carboxylic acids is 2. The fourth-order valence-electron chi connectivity index (χ4n) is 4.17. The number of hydrogen-bond acceptors (Lipinski definition) is 4. The largest absolute Gasteiger partial charge is 0.352 e. The molecule has 0 saturated carbocycles. The summed E-state index contributed by atoms with van der Waals surface area (Å²) in [7, 11) is -1.55. The van der Waals surface area contributed by atoms with Gasteiger partial charge in [0.15, 0.2) is 0 Å². The minimum atomic E-state index is -4.21. The highest BCUT2D eigenvalue weighted by atomic mass is 35.5. The average molecular weight is 638 g/mol. The van der Waals surface area contributed by atoms with Crippen LogP contribution in [-0.4, -0.2) is 62.2 Å². The Labute approximate surface area is 257 Å². The van der Waals surface area contributed by atoms with Crippen molar-refractivity contribution in [3.05, 3.63) is 99.8 Å². The van der Waals surface area contributed by atoms with Crippen molar-refractivity contribution in [2.45, 2.75) is 45.3 Å². The molecule has 0 heterocycles. The maximum absolute atomic E-state index is 14.2. The average Bonchev–Trinajstić information content (AvgIpc) is 2.95. The Morgan fingerprint density at radius 3 is 2.07 bits per heavy atom. The minimum absolute atomic E-state index is 0.0813. The van der Waals surface area contributed by atoms with E-state index in [4.69, 9.17) is 23.2 Å². The van der Waals surface area contributed by atoms with Crippen molar-refractivity contribution in [3.63, 3.8) is 0 Å². The van der Waals surface area contributed by atoms with Crippen molar-refractivity contribution in [2.75, 3.05) is 24.9 Å². The number of amides is 2. The molecule has 8 nitrogen and oxygen atoms in total. The fourth-order valence-corrected chi connectivity index (χ4v) is 5.75. The predicted molar refractivity (Wildman–Crippen MR) is 165 cm³/mol. The van der Waals surface area contributed by atoms with Gasteiger partial charge in [-0.15, -0.1) is 0 Å². The van der Waals surface area contributed by atoms with Gasteiger partial charge in [0.05, 0.1) is 5.69 Å². The Hall–Kier alpha value is -3.18. The van der Waals surface area contributed by atoms with Crippen LogP contribution in [0, 0.1) is 5.82 Å². The lowest BCUT2D eigenvalue weighted by Gasteiger charge is -2.35. The van der Waals surface area contributed by atoms with Crippen LogP contribution >= 0.6 is 23.2 Å². The van der Waals surface area contributed by atoms with Gasteiger partial charge < -0.3 is 10.2 Å². The topological polar surface area (TPSA) is 90.0 Å². The van der Waals surface area contributed by atoms with Crippen LogP contribution in [0.5, 0.6) is 0 Å². The zero-order valence-electron chi connectivity index (χ0n) is 23.9. The molecule has 42 heavy (non-hydrogen) atoms. The standard InChI is InChI=1S/C30H35Cl2FN4O4S/c1-5-21(2)34-30(39)28(18-22-10-7-6-8-11-22)36(19-25-26(31)12-9-13-27(25)32)29(38)20-37(42(40,41)35(3)4)24-16-14-23(33)15-17-24/h6-17,21,28H,5,18-20H2,1-4H3,(H,34,39)/t21-,28-/m0/s1. The molecule has 1 N–H and O–H groups in total. The van der Waals surface area contributed by atoms with Gasteiger partial charge in [0.1, 0.15) is 18.4 Å². The molecular weight excluding hydrogens is 602 g/mol. The lowest BCUT2D eigenvalue weighted by molar-refractivity contribution is -0.140. The van der Waals surface area contributed by atoms with Crippen LogP contribution < -0.4 is 9.62 Å². The Morgan fingerprint density at radius 1 is 0.929 bits per heavy atom. The van der Waals surface area contributed by atoms with Crippen molar-refractivity contribution in [3.8, 4) is 0 Å². The van der Waals surface area contributed by atoms with Gasteiger partial charge in [0, 0.05) is 48.7 Å². The van der Waals surface area contributed by atoms with Crippen LogP contribution in [0.25, 0.3) is 0 Å². The molecule has 0 aliphatic rings. The Kier molecular flexibility index (Phi) is 11.8. The lowest BCUT2D eigenvalue weighted by Crippen LogP contribution is -2.55. The van der Waals surface area contributed by atoms with Crippen molar-refractivity contribution >= 4 is 50.9 Å². The first-order valence-corrected chi connectivity index (χ1v) is 15.5. The fraction of sp³-hybridized carbons (Fsp3) is 0.333. The summed E-state index contributed by atoms with van der Waals surface area (Å²) in [6.07, 6.45) is 0.807. The summed E-state index contributed by atoms with van der Waals surface area (Å²) < 4.78 is 42.3. The van der Waals surface area contributed by atoms with E-state index in [1.807, 2.05) is 44.2 Å². The summed E-state index contributed by atoms with van der Waals surface area (Å²) in [5.74, 6) is -1.65. The van der Waals surface area contributed by atoms with E-state index in [1.54, 1.807) is 18.2 Å². The van der Waals surface area contributed by atoms with Crippen LogP contribution in [0.2, 0.25) is 10.0 Å². The molecule has 0 radical (unpaired) electrons. The van der Waals surface area contributed by atoms with Gasteiger partial charge in [-0.05, 0) is 55.3 Å². The third-order valence-corrected chi connectivity index (χ3v) is 9.32. The zero-order valence-corrected chi connectivity index (χ0v) is 26.3. The van der Waals surface area contributed by atoms with Crippen LogP contribution in [0.3, 0.4) is 0 Å². The number of carbonyl (C=O) groups is 2. The molecule has 3 aromatic rings. The van der Waals surface area contributed by atoms with Crippen molar-refractivity contribution in [1.29, 1.82) is 0 Å². The highest BCUT2D eigenvalue weighted by Gasteiger charge is 2.35. The number of nitrogens with one attached hydrogen (secondary N) is 1. The van der Waals surface area contributed by atoms with Crippen LogP contribution in [0.1, 0.15) is 31.4 Å². The molecule has 3 aromatic carbocycles. The summed E-state index contributed by atoms with van der Waals surface area (Å²) >= 11 is 13.0. The monoisotopic (exact) mass is 636 g/mol. The van der Waals surface area contributed by atoms with Crippen LogP contribution in [-0.2, 0) is 32.8 Å². The number of rotatable bonds is 13. The first-order chi connectivity index (χ1) is 19.8. The predicted octanol–water partition coefficient (Wildman–Crippen LogP) is 5.30. The molecule has 0 fully saturated rings. The molecular formula is C30H35Cl2FN4O4S. The maximum atomic E-state index is 14.2. The second kappa shape index (κ2) is 14.8. The van der Waals surface area contributed by atoms with Crippen molar-refractivity contribution < 1.29 is 22.4 Å². The molecule has 12 heteroatoms. The first-order valence-electron chi connectivity index (χ1n) is 13.4. The van der Waals surface area contributed by atoms with Gasteiger partial charge in [0.25, 0.3) is 0 Å². The summed E-state index contributed by atoms with van der Waals surface area (Å²) in [4.78, 5) is 29.3. The number of nitrogens with zero attached hydrogens (tertiary/aromatic N) is 3. The molecule has 0 aliphatic heterocycles. The van der Waals surface area contributed by atoms with E-state index in [0.717, 1.165) is 26.3 Å². The Balaban J connectivity index is 2.14. The second-order valence-corrected chi connectivity index (χ2v) is 12.9.